The summed E-state index contributed by atoms with van der Waals surface area (Å²) in [6.45, 7) is 8.67. The molecule has 5 heteroatoms. The Morgan fingerprint density at radius 3 is 1.51 bits per heavy atom. The third-order valence-corrected chi connectivity index (χ3v) is 11.9. The summed E-state index contributed by atoms with van der Waals surface area (Å²) in [5, 5.41) is 22.5. The molecule has 0 aliphatic heterocycles. The van der Waals surface area contributed by atoms with Gasteiger partial charge in [-0.05, 0) is 70.1 Å². The van der Waals surface area contributed by atoms with Crippen LogP contribution in [0.1, 0.15) is 5.56 Å². The predicted molar refractivity (Wildman–Crippen MR) is 235 cm³/mol. The second-order valence-electron chi connectivity index (χ2n) is 14.7. The molecular weight excluding hydrogens is 695 g/mol. The number of para-hydroxylation sites is 4. The van der Waals surface area contributed by atoms with Crippen molar-refractivity contribution in [3.8, 4) is 23.1 Å². The molecule has 9 aromatic carbocycles. The SMILES string of the molecule is [C-]#[N+]c1cc(-n2c3ccc4ccccc4c3c3cccc(-n4c5ccccc5c5ccccc54)c32)c(C#N)cc1-n1c2ccccc2c2c3ccccc3ccc21. The second-order valence-corrected chi connectivity index (χ2v) is 14.7. The van der Waals surface area contributed by atoms with Crippen LogP contribution in [-0.4, -0.2) is 13.7 Å². The van der Waals surface area contributed by atoms with E-state index in [2.05, 4.69) is 182 Å². The van der Waals surface area contributed by atoms with Crippen molar-refractivity contribution >= 4 is 92.6 Å². The number of nitrogens with zero attached hydrogens (tertiary/aromatic N) is 5. The number of rotatable bonds is 3. The van der Waals surface area contributed by atoms with E-state index in [-0.39, 0.29) is 0 Å². The van der Waals surface area contributed by atoms with E-state index in [1.807, 2.05) is 18.2 Å². The van der Waals surface area contributed by atoms with E-state index < -0.39 is 0 Å². The highest BCUT2D eigenvalue weighted by atomic mass is 15.1. The number of benzene rings is 9. The first kappa shape index (κ1) is 31.3. The molecule has 0 radical (unpaired) electrons. The van der Waals surface area contributed by atoms with Gasteiger partial charge < -0.3 is 13.7 Å². The summed E-state index contributed by atoms with van der Waals surface area (Å²) < 4.78 is 6.74. The van der Waals surface area contributed by atoms with Crippen LogP contribution >= 0.6 is 0 Å². The molecule has 0 N–H and O–H groups in total. The fraction of sp³-hybridized carbons (Fsp3) is 0. The zero-order valence-corrected chi connectivity index (χ0v) is 30.5. The normalized spacial score (nSPS) is 11.8. The van der Waals surface area contributed by atoms with Crippen molar-refractivity contribution in [2.24, 2.45) is 0 Å². The molecule has 0 aliphatic carbocycles. The van der Waals surface area contributed by atoms with E-state index >= 15 is 0 Å². The third kappa shape index (κ3) is 4.20. The lowest BCUT2D eigenvalue weighted by Crippen LogP contribution is -2.04. The molecule has 0 aliphatic rings. The minimum absolute atomic E-state index is 0.463. The Bertz CT molecular complexity index is 3730. The summed E-state index contributed by atoms with van der Waals surface area (Å²) in [4.78, 5) is 4.21. The maximum Gasteiger partial charge on any atom is 0.212 e. The summed E-state index contributed by atoms with van der Waals surface area (Å²) in [5.74, 6) is 0. The van der Waals surface area contributed by atoms with Crippen LogP contribution in [0.15, 0.2) is 176 Å². The van der Waals surface area contributed by atoms with E-state index in [1.165, 1.54) is 10.8 Å². The van der Waals surface area contributed by atoms with Crippen LogP contribution in [0, 0.1) is 17.9 Å². The van der Waals surface area contributed by atoms with E-state index in [1.54, 1.807) is 0 Å². The van der Waals surface area contributed by atoms with Crippen molar-refractivity contribution in [3.05, 3.63) is 193 Å². The summed E-state index contributed by atoms with van der Waals surface area (Å²) in [5.41, 5.74) is 9.42. The Kier molecular flexibility index (Phi) is 6.41. The van der Waals surface area contributed by atoms with Gasteiger partial charge in [-0.1, -0.05) is 127 Å². The van der Waals surface area contributed by atoms with Gasteiger partial charge in [-0.3, -0.25) is 0 Å². The number of nitriles is 1. The molecule has 5 nitrogen and oxygen atoms in total. The highest BCUT2D eigenvalue weighted by molar-refractivity contribution is 6.24. The zero-order chi connectivity index (χ0) is 37.8. The van der Waals surface area contributed by atoms with Crippen LogP contribution in [0.2, 0.25) is 0 Å². The van der Waals surface area contributed by atoms with Gasteiger partial charge in [-0.15, -0.1) is 0 Å². The first-order valence-electron chi connectivity index (χ1n) is 19.0. The van der Waals surface area contributed by atoms with Crippen LogP contribution in [0.4, 0.5) is 5.69 Å². The highest BCUT2D eigenvalue weighted by Gasteiger charge is 2.25. The summed E-state index contributed by atoms with van der Waals surface area (Å²) >= 11 is 0. The molecule has 0 bridgehead atoms. The van der Waals surface area contributed by atoms with Gasteiger partial charge in [0.2, 0.25) is 5.69 Å². The van der Waals surface area contributed by atoms with E-state index in [9.17, 15) is 5.26 Å². The maximum atomic E-state index is 11.2. The van der Waals surface area contributed by atoms with E-state index in [0.717, 1.165) is 81.9 Å². The van der Waals surface area contributed by atoms with Gasteiger partial charge in [-0.2, -0.15) is 5.26 Å². The maximum absolute atomic E-state index is 11.2. The van der Waals surface area contributed by atoms with Crippen LogP contribution in [0.3, 0.4) is 0 Å². The molecule has 0 fully saturated rings. The van der Waals surface area contributed by atoms with Gasteiger partial charge in [-0.25, -0.2) is 4.85 Å². The molecule has 262 valence electrons. The lowest BCUT2D eigenvalue weighted by Gasteiger charge is -2.18. The van der Waals surface area contributed by atoms with Crippen molar-refractivity contribution in [2.75, 3.05) is 0 Å². The molecule has 0 saturated carbocycles. The average molecular weight is 724 g/mol. The van der Waals surface area contributed by atoms with E-state index in [4.69, 9.17) is 6.57 Å². The Morgan fingerprint density at radius 1 is 0.404 bits per heavy atom. The largest absolute Gasteiger partial charge is 0.319 e. The van der Waals surface area contributed by atoms with Crippen LogP contribution in [0.5, 0.6) is 0 Å². The van der Waals surface area contributed by atoms with Crippen molar-refractivity contribution in [2.45, 2.75) is 0 Å². The molecule has 0 spiro atoms. The van der Waals surface area contributed by atoms with Crippen molar-refractivity contribution in [1.82, 2.24) is 13.7 Å². The van der Waals surface area contributed by atoms with Crippen LogP contribution < -0.4 is 0 Å². The van der Waals surface area contributed by atoms with Gasteiger partial charge >= 0.3 is 0 Å². The van der Waals surface area contributed by atoms with Gasteiger partial charge in [0.05, 0.1) is 62.3 Å². The Labute approximate surface area is 326 Å². The minimum atomic E-state index is 0.463. The molecule has 0 amide bonds. The topological polar surface area (TPSA) is 42.9 Å². The smallest absolute Gasteiger partial charge is 0.212 e. The molecular formula is C52H29N5. The molecule has 0 saturated heterocycles. The predicted octanol–water partition coefficient (Wildman–Crippen LogP) is 13.7. The Balaban J connectivity index is 1.23. The molecule has 57 heavy (non-hydrogen) atoms. The third-order valence-electron chi connectivity index (χ3n) is 11.9. The minimum Gasteiger partial charge on any atom is -0.319 e. The number of hydrogen-bond donors (Lipinski definition) is 0. The fourth-order valence-corrected chi connectivity index (χ4v) is 9.54. The fourth-order valence-electron chi connectivity index (χ4n) is 9.54. The highest BCUT2D eigenvalue weighted by Crippen LogP contribution is 2.45. The lowest BCUT2D eigenvalue weighted by molar-refractivity contribution is 1.12. The van der Waals surface area contributed by atoms with Gasteiger partial charge in [0.15, 0.2) is 0 Å². The summed E-state index contributed by atoms with van der Waals surface area (Å²) in [6, 6.07) is 63.9. The Hall–Kier alpha value is -8.12. The van der Waals surface area contributed by atoms with Gasteiger partial charge in [0.25, 0.3) is 0 Å². The lowest BCUT2D eigenvalue weighted by atomic mass is 10.0. The summed E-state index contributed by atoms with van der Waals surface area (Å²) in [7, 11) is 0. The second kappa shape index (κ2) is 11.7. The first-order chi connectivity index (χ1) is 28.2. The molecule has 3 heterocycles. The number of hydrogen-bond acceptors (Lipinski definition) is 1. The standard InChI is InChI=1S/C52H29N5/c1-54-41-30-48(34(31-53)29-49(41)56-44-23-11-8-19-39(44)50-35-15-4-2-13-32(35)25-27-45(50)56)57-46-28-26-33-14-3-5-16-36(33)51(46)40-20-12-24-47(52(40)57)55-42-21-9-6-17-37(42)38-18-7-10-22-43(38)55/h2-30H. The van der Waals surface area contributed by atoms with Crippen molar-refractivity contribution in [1.29, 1.82) is 5.26 Å². The number of fused-ring (bicyclic) bond motifs is 13. The van der Waals surface area contributed by atoms with Crippen LogP contribution in [0.25, 0.3) is 109 Å². The Morgan fingerprint density at radius 2 is 0.895 bits per heavy atom. The average Bonchev–Trinajstić information content (AvgIpc) is 3.92. The summed E-state index contributed by atoms with van der Waals surface area (Å²) in [6.07, 6.45) is 0. The molecule has 0 unspecified atom stereocenters. The van der Waals surface area contributed by atoms with Crippen molar-refractivity contribution in [3.63, 3.8) is 0 Å². The molecule has 12 aromatic rings. The van der Waals surface area contributed by atoms with E-state index in [0.29, 0.717) is 22.6 Å². The first-order valence-corrected chi connectivity index (χ1v) is 19.0. The van der Waals surface area contributed by atoms with Gasteiger partial charge in [0, 0.05) is 32.3 Å². The molecule has 0 atom stereocenters. The van der Waals surface area contributed by atoms with Crippen molar-refractivity contribution < 1.29 is 0 Å². The van der Waals surface area contributed by atoms with Gasteiger partial charge in [0.1, 0.15) is 6.07 Å². The zero-order valence-electron chi connectivity index (χ0n) is 30.5. The molecule has 12 rings (SSSR count). The molecule has 3 aromatic heterocycles. The van der Waals surface area contributed by atoms with Crippen LogP contribution in [-0.2, 0) is 0 Å². The number of aromatic nitrogens is 3. The monoisotopic (exact) mass is 723 g/mol. The quantitative estimate of drug-likeness (QED) is 0.167.